The van der Waals surface area contributed by atoms with Gasteiger partial charge < -0.3 is 14.8 Å². The molecule has 188 valence electrons. The lowest BCUT2D eigenvalue weighted by atomic mass is 10.0. The molecule has 0 aromatic heterocycles. The summed E-state index contributed by atoms with van der Waals surface area (Å²) in [7, 11) is 1.41. The van der Waals surface area contributed by atoms with Crippen LogP contribution >= 0.6 is 15.9 Å². The smallest absolute Gasteiger partial charge is 0.331 e. The molecule has 1 saturated carbocycles. The number of anilines is 1. The molecule has 0 radical (unpaired) electrons. The van der Waals surface area contributed by atoms with Gasteiger partial charge in [-0.3, -0.25) is 24.6 Å². The molecule has 0 bridgehead atoms. The van der Waals surface area contributed by atoms with E-state index in [1.54, 1.807) is 12.1 Å². The van der Waals surface area contributed by atoms with Gasteiger partial charge in [-0.05, 0) is 60.9 Å². The van der Waals surface area contributed by atoms with Gasteiger partial charge in [0.25, 0.3) is 17.7 Å². The van der Waals surface area contributed by atoms with Gasteiger partial charge in [0.05, 0.1) is 7.11 Å². The van der Waals surface area contributed by atoms with E-state index in [1.165, 1.54) is 37.5 Å². The Balaban J connectivity index is 1.51. The molecule has 2 aliphatic rings. The maximum atomic E-state index is 13.1. The molecule has 11 heteroatoms. The van der Waals surface area contributed by atoms with Crippen LogP contribution in [0.5, 0.6) is 11.5 Å². The minimum Gasteiger partial charge on any atom is -0.493 e. The Bertz CT molecular complexity index is 1240. The first kappa shape index (κ1) is 25.4. The van der Waals surface area contributed by atoms with Gasteiger partial charge in [-0.25, -0.2) is 9.18 Å². The highest BCUT2D eigenvalue weighted by Crippen LogP contribution is 2.35. The summed E-state index contributed by atoms with van der Waals surface area (Å²) in [5.41, 5.74) is 0.687. The fourth-order valence-electron chi connectivity index (χ4n) is 4.13. The monoisotopic (exact) mass is 559 g/mol. The number of hydrogen-bond acceptors (Lipinski definition) is 6. The molecule has 2 fully saturated rings. The molecule has 2 N–H and O–H groups in total. The van der Waals surface area contributed by atoms with E-state index in [0.717, 1.165) is 17.7 Å². The number of halogens is 2. The molecule has 2 aromatic carbocycles. The first-order valence-electron chi connectivity index (χ1n) is 11.2. The number of carbonyl (C=O) groups excluding carboxylic acids is 4. The minimum atomic E-state index is -0.775. The lowest BCUT2D eigenvalue weighted by Gasteiger charge is -2.31. The number of amides is 5. The van der Waals surface area contributed by atoms with Crippen LogP contribution in [0.3, 0.4) is 0 Å². The van der Waals surface area contributed by atoms with Gasteiger partial charge in [0.15, 0.2) is 18.1 Å². The summed E-state index contributed by atoms with van der Waals surface area (Å²) in [5, 5.41) is 4.84. The van der Waals surface area contributed by atoms with E-state index < -0.39 is 29.6 Å². The van der Waals surface area contributed by atoms with Crippen molar-refractivity contribution in [2.45, 2.75) is 31.7 Å². The molecule has 36 heavy (non-hydrogen) atoms. The van der Waals surface area contributed by atoms with Crippen LogP contribution in [-0.4, -0.2) is 48.4 Å². The maximum absolute atomic E-state index is 13.1. The Labute approximate surface area is 214 Å². The van der Waals surface area contributed by atoms with Crippen molar-refractivity contribution < 1.29 is 33.0 Å². The van der Waals surface area contributed by atoms with Crippen molar-refractivity contribution in [2.75, 3.05) is 19.0 Å². The Morgan fingerprint density at radius 3 is 2.53 bits per heavy atom. The van der Waals surface area contributed by atoms with Gasteiger partial charge in [0.1, 0.15) is 11.4 Å². The first-order chi connectivity index (χ1) is 17.3. The lowest BCUT2D eigenvalue weighted by molar-refractivity contribution is -0.131. The molecule has 1 aliphatic heterocycles. The van der Waals surface area contributed by atoms with Gasteiger partial charge in [-0.1, -0.05) is 28.8 Å². The highest BCUT2D eigenvalue weighted by Gasteiger charge is 2.40. The number of benzene rings is 2. The van der Waals surface area contributed by atoms with E-state index in [0.29, 0.717) is 28.6 Å². The first-order valence-corrected chi connectivity index (χ1v) is 12.0. The summed E-state index contributed by atoms with van der Waals surface area (Å²) in [5.74, 6) is -1.80. The standard InChI is InChI=1S/C25H23BrFN3O6/c1-35-20-11-14(10-18-23(32)29-25(34)30(24(18)33)17-4-2-3-5-17)19(26)12-21(20)36-13-22(31)28-16-8-6-15(27)7-9-16/h6-12,17H,2-5,13H2,1H3,(H,28,31)(H,29,32,34)/b18-10+. The van der Waals surface area contributed by atoms with E-state index in [1.807, 2.05) is 0 Å². The van der Waals surface area contributed by atoms with Crippen LogP contribution in [-0.2, 0) is 14.4 Å². The molecular formula is C25H23BrFN3O6. The Kier molecular flexibility index (Phi) is 7.68. The zero-order valence-electron chi connectivity index (χ0n) is 19.3. The summed E-state index contributed by atoms with van der Waals surface area (Å²) in [4.78, 5) is 51.2. The van der Waals surface area contributed by atoms with Gasteiger partial charge in [-0.2, -0.15) is 0 Å². The van der Waals surface area contributed by atoms with Crippen molar-refractivity contribution in [1.29, 1.82) is 0 Å². The average Bonchev–Trinajstić information content (AvgIpc) is 3.37. The van der Waals surface area contributed by atoms with Gasteiger partial charge >= 0.3 is 6.03 Å². The summed E-state index contributed by atoms with van der Waals surface area (Å²) >= 11 is 3.40. The molecule has 1 saturated heterocycles. The fourth-order valence-corrected chi connectivity index (χ4v) is 4.56. The van der Waals surface area contributed by atoms with Crippen molar-refractivity contribution in [3.63, 3.8) is 0 Å². The molecule has 0 atom stereocenters. The number of rotatable bonds is 7. The van der Waals surface area contributed by atoms with Crippen molar-refractivity contribution in [1.82, 2.24) is 10.2 Å². The fraction of sp³-hybridized carbons (Fsp3) is 0.280. The molecule has 1 heterocycles. The summed E-state index contributed by atoms with van der Waals surface area (Å²) < 4.78 is 24.5. The van der Waals surface area contributed by atoms with E-state index in [4.69, 9.17) is 9.47 Å². The van der Waals surface area contributed by atoms with Crippen molar-refractivity contribution in [3.8, 4) is 11.5 Å². The normalized spacial score (nSPS) is 17.4. The number of hydrogen-bond donors (Lipinski definition) is 2. The molecule has 0 unspecified atom stereocenters. The second-order valence-corrected chi connectivity index (χ2v) is 9.15. The third-order valence-corrected chi connectivity index (χ3v) is 6.58. The predicted octanol–water partition coefficient (Wildman–Crippen LogP) is 4.02. The van der Waals surface area contributed by atoms with E-state index in [9.17, 15) is 23.6 Å². The van der Waals surface area contributed by atoms with Gasteiger partial charge in [0, 0.05) is 16.2 Å². The van der Waals surface area contributed by atoms with E-state index >= 15 is 0 Å². The predicted molar refractivity (Wildman–Crippen MR) is 132 cm³/mol. The molecule has 2 aromatic rings. The topological polar surface area (TPSA) is 114 Å². The third-order valence-electron chi connectivity index (χ3n) is 5.89. The van der Waals surface area contributed by atoms with E-state index in [2.05, 4.69) is 26.6 Å². The molecule has 5 amide bonds. The Morgan fingerprint density at radius 2 is 1.86 bits per heavy atom. The lowest BCUT2D eigenvalue weighted by Crippen LogP contribution is -2.57. The van der Waals surface area contributed by atoms with Crippen molar-refractivity contribution >= 4 is 51.4 Å². The van der Waals surface area contributed by atoms with Crippen LogP contribution in [0.25, 0.3) is 6.08 Å². The quantitative estimate of drug-likeness (QED) is 0.391. The average molecular weight is 560 g/mol. The van der Waals surface area contributed by atoms with Gasteiger partial charge in [-0.15, -0.1) is 0 Å². The molecular weight excluding hydrogens is 537 g/mol. The largest absolute Gasteiger partial charge is 0.493 e. The number of barbiturate groups is 1. The summed E-state index contributed by atoms with van der Waals surface area (Å²) in [6.45, 7) is -0.347. The summed E-state index contributed by atoms with van der Waals surface area (Å²) in [6, 6.07) is 7.46. The van der Waals surface area contributed by atoms with Crippen LogP contribution in [0.2, 0.25) is 0 Å². The SMILES string of the molecule is COc1cc(/C=C2\C(=O)NC(=O)N(C3CCCC3)C2=O)c(Br)cc1OCC(=O)Nc1ccc(F)cc1. The van der Waals surface area contributed by atoms with Crippen LogP contribution in [0.4, 0.5) is 14.9 Å². The van der Waals surface area contributed by atoms with Crippen molar-refractivity contribution in [3.05, 3.63) is 57.8 Å². The van der Waals surface area contributed by atoms with Gasteiger partial charge in [0.2, 0.25) is 0 Å². The Morgan fingerprint density at radius 1 is 1.17 bits per heavy atom. The van der Waals surface area contributed by atoms with Crippen LogP contribution < -0.4 is 20.1 Å². The number of carbonyl (C=O) groups is 4. The number of imide groups is 2. The highest BCUT2D eigenvalue weighted by molar-refractivity contribution is 9.10. The number of methoxy groups -OCH3 is 1. The van der Waals surface area contributed by atoms with Crippen molar-refractivity contribution in [2.24, 2.45) is 0 Å². The molecule has 0 spiro atoms. The summed E-state index contributed by atoms with van der Waals surface area (Å²) in [6.07, 6.45) is 4.63. The van der Waals surface area contributed by atoms with Crippen LogP contribution in [0.1, 0.15) is 31.2 Å². The second-order valence-electron chi connectivity index (χ2n) is 8.30. The number of nitrogens with one attached hydrogen (secondary N) is 2. The van der Waals surface area contributed by atoms with Crippen LogP contribution in [0, 0.1) is 5.82 Å². The molecule has 4 rings (SSSR count). The Hall–Kier alpha value is -3.73. The van der Waals surface area contributed by atoms with E-state index in [-0.39, 0.29) is 29.7 Å². The zero-order valence-corrected chi connectivity index (χ0v) is 20.9. The molecule has 9 nitrogen and oxygen atoms in total. The number of urea groups is 1. The third kappa shape index (κ3) is 5.56. The maximum Gasteiger partial charge on any atom is 0.331 e. The number of ether oxygens (including phenoxy) is 2. The number of nitrogens with zero attached hydrogens (tertiary/aromatic N) is 1. The highest BCUT2D eigenvalue weighted by atomic mass is 79.9. The zero-order chi connectivity index (χ0) is 25.8. The molecule has 1 aliphatic carbocycles. The minimum absolute atomic E-state index is 0.170. The van der Waals surface area contributed by atoms with Crippen LogP contribution in [0.15, 0.2) is 46.4 Å². The second kappa shape index (κ2) is 10.9.